The Hall–Kier alpha value is -4.58. The highest BCUT2D eigenvalue weighted by atomic mass is 32.2. The first-order chi connectivity index (χ1) is 17.6. The Balaban J connectivity index is 1.41. The highest BCUT2D eigenvalue weighted by molar-refractivity contribution is 7.92. The molecule has 0 aliphatic rings. The van der Waals surface area contributed by atoms with Crippen molar-refractivity contribution in [1.29, 1.82) is 0 Å². The standard InChI is InChI=1S/C25H23FN6O4S/c1-16-15-20(7-12-23(16)26)29-19-5-3-18(4-6-19)17(2)28-25-27-14-13-24(30-25)31-37(35,36)22-10-8-21(9-11-22)32(33)34/h3-15,17,29H,1-2H3,(H2,27,28,30,31). The van der Waals surface area contributed by atoms with Gasteiger partial charge in [-0.2, -0.15) is 4.98 Å². The molecule has 3 N–H and O–H groups in total. The average molecular weight is 523 g/mol. The lowest BCUT2D eigenvalue weighted by atomic mass is 10.1. The number of halogens is 1. The molecular weight excluding hydrogens is 499 g/mol. The molecule has 0 saturated carbocycles. The van der Waals surface area contributed by atoms with Gasteiger partial charge in [-0.3, -0.25) is 14.8 Å². The normalized spacial score (nSPS) is 12.0. The Morgan fingerprint density at radius 3 is 2.30 bits per heavy atom. The summed E-state index contributed by atoms with van der Waals surface area (Å²) in [6.45, 7) is 3.61. The average Bonchev–Trinajstić information content (AvgIpc) is 2.86. The lowest BCUT2D eigenvalue weighted by Gasteiger charge is -2.16. The molecule has 0 fully saturated rings. The van der Waals surface area contributed by atoms with Crippen molar-refractivity contribution < 1.29 is 17.7 Å². The van der Waals surface area contributed by atoms with Crippen molar-refractivity contribution in [2.45, 2.75) is 24.8 Å². The zero-order valence-electron chi connectivity index (χ0n) is 19.8. The number of nitro groups is 1. The summed E-state index contributed by atoms with van der Waals surface area (Å²) in [7, 11) is -4.01. The second-order valence-electron chi connectivity index (χ2n) is 8.20. The van der Waals surface area contributed by atoms with Crippen molar-refractivity contribution in [1.82, 2.24) is 9.97 Å². The molecule has 1 atom stereocenters. The van der Waals surface area contributed by atoms with Crippen molar-refractivity contribution in [3.8, 4) is 0 Å². The van der Waals surface area contributed by atoms with Crippen molar-refractivity contribution in [2.24, 2.45) is 0 Å². The molecule has 37 heavy (non-hydrogen) atoms. The third-order valence-electron chi connectivity index (χ3n) is 5.46. The van der Waals surface area contributed by atoms with Gasteiger partial charge in [-0.25, -0.2) is 17.8 Å². The number of rotatable bonds is 9. The molecule has 1 unspecified atom stereocenters. The van der Waals surface area contributed by atoms with Gasteiger partial charge in [0.15, 0.2) is 0 Å². The molecule has 4 aromatic rings. The largest absolute Gasteiger partial charge is 0.356 e. The summed E-state index contributed by atoms with van der Waals surface area (Å²) >= 11 is 0. The van der Waals surface area contributed by atoms with E-state index in [0.717, 1.165) is 41.2 Å². The highest BCUT2D eigenvalue weighted by Crippen LogP contribution is 2.24. The maximum absolute atomic E-state index is 13.5. The molecule has 0 amide bonds. The lowest BCUT2D eigenvalue weighted by molar-refractivity contribution is -0.384. The monoisotopic (exact) mass is 522 g/mol. The molecule has 12 heteroatoms. The fourth-order valence-electron chi connectivity index (χ4n) is 3.45. The van der Waals surface area contributed by atoms with Gasteiger partial charge in [0, 0.05) is 29.7 Å². The SMILES string of the molecule is Cc1cc(Nc2ccc(C(C)Nc3nccc(NS(=O)(=O)c4ccc([N+](=O)[O-])cc4)n3)cc2)ccc1F. The van der Waals surface area contributed by atoms with Crippen LogP contribution in [0.5, 0.6) is 0 Å². The second kappa shape index (κ2) is 10.6. The molecule has 0 bridgehead atoms. The van der Waals surface area contributed by atoms with E-state index in [1.54, 1.807) is 19.1 Å². The Morgan fingerprint density at radius 2 is 1.65 bits per heavy atom. The zero-order chi connectivity index (χ0) is 26.6. The fourth-order valence-corrected chi connectivity index (χ4v) is 4.45. The van der Waals surface area contributed by atoms with Gasteiger partial charge in [0.1, 0.15) is 11.6 Å². The third kappa shape index (κ3) is 6.35. The van der Waals surface area contributed by atoms with Crippen LogP contribution in [-0.4, -0.2) is 23.3 Å². The number of nitro benzene ring substituents is 1. The third-order valence-corrected chi connectivity index (χ3v) is 6.83. The Bertz CT molecular complexity index is 1530. The van der Waals surface area contributed by atoms with E-state index in [0.29, 0.717) is 5.56 Å². The van der Waals surface area contributed by atoms with Crippen molar-refractivity contribution in [3.63, 3.8) is 0 Å². The van der Waals surface area contributed by atoms with E-state index < -0.39 is 14.9 Å². The first-order valence-corrected chi connectivity index (χ1v) is 12.6. The molecule has 0 aliphatic heterocycles. The number of benzene rings is 3. The Morgan fingerprint density at radius 1 is 0.973 bits per heavy atom. The molecule has 3 aromatic carbocycles. The summed E-state index contributed by atoms with van der Waals surface area (Å²) in [5, 5.41) is 17.2. The van der Waals surface area contributed by atoms with Gasteiger partial charge in [-0.15, -0.1) is 0 Å². The number of non-ortho nitro benzene ring substituents is 1. The molecule has 0 aliphatic carbocycles. The summed E-state index contributed by atoms with van der Waals surface area (Å²) in [6.07, 6.45) is 1.41. The minimum atomic E-state index is -4.01. The Labute approximate surface area is 212 Å². The van der Waals surface area contributed by atoms with Gasteiger partial charge in [-0.1, -0.05) is 12.1 Å². The number of hydrogen-bond acceptors (Lipinski definition) is 8. The van der Waals surface area contributed by atoms with Crippen molar-refractivity contribution in [3.05, 3.63) is 106 Å². The van der Waals surface area contributed by atoms with E-state index in [1.165, 1.54) is 18.3 Å². The number of nitrogens with zero attached hydrogens (tertiary/aromatic N) is 3. The first kappa shape index (κ1) is 25.5. The quantitative estimate of drug-likeness (QED) is 0.192. The smallest absolute Gasteiger partial charge is 0.269 e. The molecule has 190 valence electrons. The molecule has 1 aromatic heterocycles. The van der Waals surface area contributed by atoms with Gasteiger partial charge >= 0.3 is 0 Å². The van der Waals surface area contributed by atoms with Crippen LogP contribution >= 0.6 is 0 Å². The summed E-state index contributed by atoms with van der Waals surface area (Å²) in [5.41, 5.74) is 2.88. The Kier molecular flexibility index (Phi) is 7.30. The minimum absolute atomic E-state index is 0.0391. The summed E-state index contributed by atoms with van der Waals surface area (Å²) in [5.74, 6) is -0.0104. The summed E-state index contributed by atoms with van der Waals surface area (Å²) < 4.78 is 41.1. The van der Waals surface area contributed by atoms with E-state index >= 15 is 0 Å². The van der Waals surface area contributed by atoms with E-state index in [9.17, 15) is 22.9 Å². The van der Waals surface area contributed by atoms with E-state index in [2.05, 4.69) is 25.3 Å². The summed E-state index contributed by atoms with van der Waals surface area (Å²) in [6, 6.07) is 18.2. The first-order valence-electron chi connectivity index (χ1n) is 11.1. The van der Waals surface area contributed by atoms with Crippen LogP contribution in [0, 0.1) is 22.9 Å². The van der Waals surface area contributed by atoms with E-state index in [4.69, 9.17) is 0 Å². The number of anilines is 4. The zero-order valence-corrected chi connectivity index (χ0v) is 20.7. The number of hydrogen-bond donors (Lipinski definition) is 3. The number of sulfonamides is 1. The number of aromatic nitrogens is 2. The van der Waals surface area contributed by atoms with Crippen molar-refractivity contribution in [2.75, 3.05) is 15.4 Å². The topological polar surface area (TPSA) is 139 Å². The molecule has 0 saturated heterocycles. The molecule has 10 nitrogen and oxygen atoms in total. The molecule has 1 heterocycles. The van der Waals surface area contributed by atoms with Crippen LogP contribution < -0.4 is 15.4 Å². The fraction of sp³-hybridized carbons (Fsp3) is 0.120. The van der Waals surface area contributed by atoms with Gasteiger partial charge in [0.25, 0.3) is 15.7 Å². The van der Waals surface area contributed by atoms with Crippen LogP contribution in [0.3, 0.4) is 0 Å². The predicted octanol–water partition coefficient (Wildman–Crippen LogP) is 5.55. The van der Waals surface area contributed by atoms with Crippen LogP contribution in [0.1, 0.15) is 24.1 Å². The van der Waals surface area contributed by atoms with Crippen LogP contribution in [0.15, 0.2) is 83.9 Å². The minimum Gasteiger partial charge on any atom is -0.356 e. The molecule has 4 rings (SSSR count). The van der Waals surface area contributed by atoms with E-state index in [1.807, 2.05) is 31.2 Å². The number of aryl methyl sites for hydroxylation is 1. The van der Waals surface area contributed by atoms with Crippen LogP contribution in [0.2, 0.25) is 0 Å². The van der Waals surface area contributed by atoms with Gasteiger partial charge in [-0.05, 0) is 73.5 Å². The van der Waals surface area contributed by atoms with Gasteiger partial charge < -0.3 is 10.6 Å². The van der Waals surface area contributed by atoms with Crippen molar-refractivity contribution >= 4 is 38.9 Å². The second-order valence-corrected chi connectivity index (χ2v) is 9.88. The van der Waals surface area contributed by atoms with Crippen LogP contribution in [-0.2, 0) is 10.0 Å². The molecular formula is C25H23FN6O4S. The molecule has 0 spiro atoms. The van der Waals surface area contributed by atoms with Gasteiger partial charge in [0.05, 0.1) is 15.9 Å². The number of nitrogens with one attached hydrogen (secondary N) is 3. The van der Waals surface area contributed by atoms with Gasteiger partial charge in [0.2, 0.25) is 5.95 Å². The maximum Gasteiger partial charge on any atom is 0.269 e. The van der Waals surface area contributed by atoms with Crippen LogP contribution in [0.25, 0.3) is 0 Å². The highest BCUT2D eigenvalue weighted by Gasteiger charge is 2.17. The maximum atomic E-state index is 13.5. The summed E-state index contributed by atoms with van der Waals surface area (Å²) in [4.78, 5) is 18.4. The molecule has 0 radical (unpaired) electrons. The predicted molar refractivity (Wildman–Crippen MR) is 139 cm³/mol. The lowest BCUT2D eigenvalue weighted by Crippen LogP contribution is -2.15. The van der Waals surface area contributed by atoms with E-state index in [-0.39, 0.29) is 34.2 Å². The van der Waals surface area contributed by atoms with Crippen LogP contribution in [0.4, 0.5) is 33.2 Å².